The molecule has 1 aromatic carbocycles. The minimum absolute atomic E-state index is 0.829. The van der Waals surface area contributed by atoms with E-state index in [1.54, 1.807) is 7.05 Å². The molecule has 100 valence electrons. The van der Waals surface area contributed by atoms with E-state index in [1.807, 2.05) is 7.05 Å². The fraction of sp³-hybridized carbons (Fsp3) is 0.500. The third-order valence-corrected chi connectivity index (χ3v) is 2.97. The smallest absolute Gasteiger partial charge is 0.190 e. The summed E-state index contributed by atoms with van der Waals surface area (Å²) in [4.78, 5) is 6.46. The highest BCUT2D eigenvalue weighted by atomic mass is 15.2. The number of hydrogen-bond acceptors (Lipinski definition) is 2. The first-order chi connectivity index (χ1) is 8.72. The van der Waals surface area contributed by atoms with Gasteiger partial charge in [-0.2, -0.15) is 0 Å². The van der Waals surface area contributed by atoms with Crippen molar-refractivity contribution in [2.45, 2.75) is 13.8 Å². The second-order valence-electron chi connectivity index (χ2n) is 4.12. The van der Waals surface area contributed by atoms with Crippen molar-refractivity contribution in [3.8, 4) is 0 Å². The number of nitrogens with one attached hydrogen (secondary N) is 2. The Bertz CT molecular complexity index is 387. The van der Waals surface area contributed by atoms with Crippen LogP contribution in [0.25, 0.3) is 0 Å². The van der Waals surface area contributed by atoms with Crippen molar-refractivity contribution < 1.29 is 0 Å². The Kier molecular flexibility index (Phi) is 6.05. The lowest BCUT2D eigenvalue weighted by molar-refractivity contribution is 0.762. The van der Waals surface area contributed by atoms with Gasteiger partial charge in [-0.1, -0.05) is 18.2 Å². The van der Waals surface area contributed by atoms with Crippen LogP contribution in [-0.4, -0.2) is 39.7 Å². The summed E-state index contributed by atoms with van der Waals surface area (Å²) in [7, 11) is 3.64. The van der Waals surface area contributed by atoms with E-state index in [0.717, 1.165) is 25.6 Å². The maximum absolute atomic E-state index is 4.10. The molecule has 0 heterocycles. The number of likely N-dealkylation sites (N-methyl/N-ethyl adjacent to an activating group) is 1. The predicted octanol–water partition coefficient (Wildman–Crippen LogP) is 1.62. The van der Waals surface area contributed by atoms with Gasteiger partial charge in [0, 0.05) is 39.4 Å². The number of anilines is 1. The third-order valence-electron chi connectivity index (χ3n) is 2.97. The lowest BCUT2D eigenvalue weighted by Crippen LogP contribution is -2.40. The van der Waals surface area contributed by atoms with Crippen LogP contribution >= 0.6 is 0 Å². The molecule has 2 N–H and O–H groups in total. The van der Waals surface area contributed by atoms with Crippen LogP contribution in [-0.2, 0) is 0 Å². The second-order valence-corrected chi connectivity index (χ2v) is 4.12. The maximum atomic E-state index is 4.10. The average molecular weight is 248 g/mol. The molecule has 0 radical (unpaired) electrons. The van der Waals surface area contributed by atoms with E-state index >= 15 is 0 Å². The first-order valence-electron chi connectivity index (χ1n) is 6.41. The zero-order valence-corrected chi connectivity index (χ0v) is 11.8. The van der Waals surface area contributed by atoms with Gasteiger partial charge in [0.05, 0.1) is 0 Å². The minimum atomic E-state index is 0.829. The van der Waals surface area contributed by atoms with E-state index in [1.165, 1.54) is 11.3 Å². The first kappa shape index (κ1) is 14.4. The van der Waals surface area contributed by atoms with E-state index in [2.05, 4.69) is 58.6 Å². The van der Waals surface area contributed by atoms with Gasteiger partial charge in [-0.15, -0.1) is 0 Å². The summed E-state index contributed by atoms with van der Waals surface area (Å²) in [6, 6.07) is 8.49. The number of benzene rings is 1. The predicted molar refractivity (Wildman–Crippen MR) is 79.5 cm³/mol. The lowest BCUT2D eigenvalue weighted by Gasteiger charge is -2.25. The number of hydrogen-bond donors (Lipinski definition) is 2. The largest absolute Gasteiger partial charge is 0.370 e. The number of aryl methyl sites for hydroxylation is 1. The Hall–Kier alpha value is -1.71. The fourth-order valence-electron chi connectivity index (χ4n) is 1.96. The molecular formula is C14H24N4. The fourth-order valence-corrected chi connectivity index (χ4v) is 1.96. The van der Waals surface area contributed by atoms with E-state index in [9.17, 15) is 0 Å². The van der Waals surface area contributed by atoms with Gasteiger partial charge in [-0.25, -0.2) is 0 Å². The van der Waals surface area contributed by atoms with Crippen molar-refractivity contribution in [2.24, 2.45) is 4.99 Å². The van der Waals surface area contributed by atoms with Gasteiger partial charge >= 0.3 is 0 Å². The van der Waals surface area contributed by atoms with Gasteiger partial charge in [0.15, 0.2) is 5.96 Å². The highest BCUT2D eigenvalue weighted by molar-refractivity contribution is 5.79. The Morgan fingerprint density at radius 1 is 1.33 bits per heavy atom. The molecule has 0 saturated heterocycles. The maximum Gasteiger partial charge on any atom is 0.190 e. The van der Waals surface area contributed by atoms with Crippen molar-refractivity contribution >= 4 is 11.6 Å². The molecule has 0 atom stereocenters. The summed E-state index contributed by atoms with van der Waals surface area (Å²) in [5, 5.41) is 6.29. The first-order valence-corrected chi connectivity index (χ1v) is 6.41. The summed E-state index contributed by atoms with van der Waals surface area (Å²) in [5.74, 6) is 0.829. The Morgan fingerprint density at radius 3 is 2.61 bits per heavy atom. The molecular weight excluding hydrogens is 224 g/mol. The lowest BCUT2D eigenvalue weighted by atomic mass is 10.2. The van der Waals surface area contributed by atoms with Crippen LogP contribution in [0.5, 0.6) is 0 Å². The van der Waals surface area contributed by atoms with E-state index in [4.69, 9.17) is 0 Å². The number of aliphatic imine (C=N–C) groups is 1. The molecule has 4 nitrogen and oxygen atoms in total. The van der Waals surface area contributed by atoms with E-state index < -0.39 is 0 Å². The van der Waals surface area contributed by atoms with Gasteiger partial charge < -0.3 is 15.5 Å². The minimum Gasteiger partial charge on any atom is -0.370 e. The Morgan fingerprint density at radius 2 is 2.06 bits per heavy atom. The highest BCUT2D eigenvalue weighted by Gasteiger charge is 2.06. The summed E-state index contributed by atoms with van der Waals surface area (Å²) in [6.45, 7) is 7.17. The van der Waals surface area contributed by atoms with Crippen LogP contribution < -0.4 is 15.5 Å². The van der Waals surface area contributed by atoms with Crippen LogP contribution in [0.1, 0.15) is 12.5 Å². The van der Waals surface area contributed by atoms with Crippen LogP contribution in [0.15, 0.2) is 29.3 Å². The Labute approximate surface area is 110 Å². The van der Waals surface area contributed by atoms with Gasteiger partial charge in [0.25, 0.3) is 0 Å². The number of rotatable bonds is 5. The molecule has 0 amide bonds. The molecule has 18 heavy (non-hydrogen) atoms. The summed E-state index contributed by atoms with van der Waals surface area (Å²) >= 11 is 0. The highest BCUT2D eigenvalue weighted by Crippen LogP contribution is 2.18. The topological polar surface area (TPSA) is 39.7 Å². The molecule has 0 aliphatic rings. The molecule has 1 rings (SSSR count). The molecule has 0 aliphatic heterocycles. The van der Waals surface area contributed by atoms with Crippen LogP contribution in [0, 0.1) is 6.92 Å². The van der Waals surface area contributed by atoms with Crippen LogP contribution in [0.2, 0.25) is 0 Å². The molecule has 4 heteroatoms. The van der Waals surface area contributed by atoms with Gasteiger partial charge in [-0.3, -0.25) is 4.99 Å². The van der Waals surface area contributed by atoms with Crippen LogP contribution in [0.4, 0.5) is 5.69 Å². The number of guanidine groups is 1. The SMILES string of the molecule is CCN(CCNC(=NC)NC)c1ccccc1C. The molecule has 0 bridgehead atoms. The second kappa shape index (κ2) is 7.58. The zero-order chi connectivity index (χ0) is 13.4. The zero-order valence-electron chi connectivity index (χ0n) is 11.8. The summed E-state index contributed by atoms with van der Waals surface area (Å²) in [6.07, 6.45) is 0. The van der Waals surface area contributed by atoms with Crippen molar-refractivity contribution in [1.29, 1.82) is 0 Å². The normalized spacial score (nSPS) is 11.2. The quantitative estimate of drug-likeness (QED) is 0.614. The van der Waals surface area contributed by atoms with Gasteiger partial charge in [0.2, 0.25) is 0 Å². The summed E-state index contributed by atoms with van der Waals surface area (Å²) < 4.78 is 0. The van der Waals surface area contributed by atoms with Gasteiger partial charge in [0.1, 0.15) is 0 Å². The van der Waals surface area contributed by atoms with Crippen molar-refractivity contribution in [3.05, 3.63) is 29.8 Å². The molecule has 0 fully saturated rings. The molecule has 0 unspecified atom stereocenters. The monoisotopic (exact) mass is 248 g/mol. The molecule has 1 aromatic rings. The molecule has 0 aromatic heterocycles. The molecule has 0 aliphatic carbocycles. The van der Waals surface area contributed by atoms with Crippen LogP contribution in [0.3, 0.4) is 0 Å². The van der Waals surface area contributed by atoms with Crippen molar-refractivity contribution in [1.82, 2.24) is 10.6 Å². The number of nitrogens with zero attached hydrogens (tertiary/aromatic N) is 2. The standard InChI is InChI=1S/C14H24N4/c1-5-18(11-10-17-14(15-3)16-4)13-9-7-6-8-12(13)2/h6-9H,5,10-11H2,1-4H3,(H2,15,16,17). The van der Waals surface area contributed by atoms with Gasteiger partial charge in [-0.05, 0) is 25.5 Å². The number of para-hydroxylation sites is 1. The molecule has 0 spiro atoms. The third kappa shape index (κ3) is 3.95. The van der Waals surface area contributed by atoms with Crippen molar-refractivity contribution in [3.63, 3.8) is 0 Å². The van der Waals surface area contributed by atoms with Crippen molar-refractivity contribution in [2.75, 3.05) is 38.6 Å². The average Bonchev–Trinajstić information content (AvgIpc) is 2.40. The Balaban J connectivity index is 2.56. The van der Waals surface area contributed by atoms with E-state index in [0.29, 0.717) is 0 Å². The summed E-state index contributed by atoms with van der Waals surface area (Å²) in [5.41, 5.74) is 2.62. The van der Waals surface area contributed by atoms with E-state index in [-0.39, 0.29) is 0 Å². The molecule has 0 saturated carbocycles.